The molecule has 1 aromatic heterocycles. The van der Waals surface area contributed by atoms with Gasteiger partial charge in [-0.05, 0) is 30.5 Å². The van der Waals surface area contributed by atoms with Crippen LogP contribution in [0.4, 0.5) is 0 Å². The van der Waals surface area contributed by atoms with Crippen LogP contribution < -0.4 is 0 Å². The first kappa shape index (κ1) is 15.7. The molecule has 22 heavy (non-hydrogen) atoms. The monoisotopic (exact) mass is 360 g/mol. The molecule has 0 spiro atoms. The van der Waals surface area contributed by atoms with Gasteiger partial charge in [-0.15, -0.1) is 5.10 Å². The van der Waals surface area contributed by atoms with Crippen molar-refractivity contribution in [2.75, 3.05) is 6.54 Å². The lowest BCUT2D eigenvalue weighted by Gasteiger charge is -2.24. The van der Waals surface area contributed by atoms with E-state index in [2.05, 4.69) is 10.3 Å². The van der Waals surface area contributed by atoms with Crippen LogP contribution >= 0.6 is 23.2 Å². The van der Waals surface area contributed by atoms with Crippen molar-refractivity contribution in [2.45, 2.75) is 23.9 Å². The van der Waals surface area contributed by atoms with E-state index in [1.807, 2.05) is 6.07 Å². The molecule has 9 heteroatoms. The first-order chi connectivity index (χ1) is 10.4. The highest BCUT2D eigenvalue weighted by molar-refractivity contribution is 7.89. The molecule has 1 aromatic carbocycles. The lowest BCUT2D eigenvalue weighted by Crippen LogP contribution is -2.32. The van der Waals surface area contributed by atoms with E-state index in [4.69, 9.17) is 23.2 Å². The van der Waals surface area contributed by atoms with E-state index in [1.54, 1.807) is 19.2 Å². The predicted molar refractivity (Wildman–Crippen MR) is 83.3 cm³/mol. The number of hydrogen-bond acceptors (Lipinski definition) is 4. The van der Waals surface area contributed by atoms with Crippen molar-refractivity contribution in [3.63, 3.8) is 0 Å². The third-order valence-corrected chi connectivity index (χ3v) is 6.47. The maximum Gasteiger partial charge on any atom is 0.262 e. The summed E-state index contributed by atoms with van der Waals surface area (Å²) in [5.41, 5.74) is 0.839. The minimum Gasteiger partial charge on any atom is -0.236 e. The largest absolute Gasteiger partial charge is 0.262 e. The average molecular weight is 361 g/mol. The highest BCUT2D eigenvalue weighted by atomic mass is 35.5. The fourth-order valence-electron chi connectivity index (χ4n) is 2.71. The SMILES string of the molecule is Cn1nncc1S(=O)(=O)N1CCCC1c1ccc(Cl)c(Cl)c1. The van der Waals surface area contributed by atoms with Crippen molar-refractivity contribution in [1.29, 1.82) is 0 Å². The van der Waals surface area contributed by atoms with Gasteiger partial charge in [0.1, 0.15) is 0 Å². The summed E-state index contributed by atoms with van der Waals surface area (Å²) in [6.07, 6.45) is 2.79. The van der Waals surface area contributed by atoms with Gasteiger partial charge in [-0.2, -0.15) is 4.31 Å². The Morgan fingerprint density at radius 1 is 1.27 bits per heavy atom. The molecule has 1 fully saturated rings. The molecule has 0 N–H and O–H groups in total. The molecule has 0 radical (unpaired) electrons. The van der Waals surface area contributed by atoms with E-state index in [9.17, 15) is 8.42 Å². The number of sulfonamides is 1. The van der Waals surface area contributed by atoms with E-state index in [0.717, 1.165) is 18.4 Å². The van der Waals surface area contributed by atoms with E-state index in [-0.39, 0.29) is 11.1 Å². The molecule has 1 aliphatic rings. The number of nitrogens with zero attached hydrogens (tertiary/aromatic N) is 4. The van der Waals surface area contributed by atoms with E-state index >= 15 is 0 Å². The zero-order valence-corrected chi connectivity index (χ0v) is 14.1. The first-order valence-electron chi connectivity index (χ1n) is 6.73. The van der Waals surface area contributed by atoms with Crippen molar-refractivity contribution in [2.24, 2.45) is 7.05 Å². The van der Waals surface area contributed by atoms with Gasteiger partial charge in [0.15, 0.2) is 5.03 Å². The number of rotatable bonds is 3. The molecular weight excluding hydrogens is 347 g/mol. The Morgan fingerprint density at radius 3 is 2.68 bits per heavy atom. The second kappa shape index (κ2) is 5.81. The highest BCUT2D eigenvalue weighted by Gasteiger charge is 2.38. The number of aryl methyl sites for hydroxylation is 1. The van der Waals surface area contributed by atoms with E-state index < -0.39 is 10.0 Å². The number of hydrogen-bond donors (Lipinski definition) is 0. The van der Waals surface area contributed by atoms with Gasteiger partial charge in [0.25, 0.3) is 10.0 Å². The molecule has 0 amide bonds. The van der Waals surface area contributed by atoms with Crippen LogP contribution in [0.2, 0.25) is 10.0 Å². The topological polar surface area (TPSA) is 68.1 Å². The Labute approximate surface area is 138 Å². The second-order valence-electron chi connectivity index (χ2n) is 5.14. The fourth-order valence-corrected chi connectivity index (χ4v) is 4.74. The van der Waals surface area contributed by atoms with Crippen LogP contribution in [0.1, 0.15) is 24.4 Å². The van der Waals surface area contributed by atoms with Gasteiger partial charge in [-0.1, -0.05) is 34.5 Å². The molecule has 2 heterocycles. The van der Waals surface area contributed by atoms with E-state index in [0.29, 0.717) is 16.6 Å². The van der Waals surface area contributed by atoms with Crippen LogP contribution in [0.15, 0.2) is 29.4 Å². The lowest BCUT2D eigenvalue weighted by atomic mass is 10.1. The summed E-state index contributed by atoms with van der Waals surface area (Å²) in [5.74, 6) is 0. The molecule has 1 saturated heterocycles. The van der Waals surface area contributed by atoms with Crippen LogP contribution in [0, 0.1) is 0 Å². The molecule has 2 aromatic rings. The van der Waals surface area contributed by atoms with Crippen LogP contribution in [-0.4, -0.2) is 34.3 Å². The zero-order valence-electron chi connectivity index (χ0n) is 11.8. The van der Waals surface area contributed by atoms with Gasteiger partial charge in [-0.3, -0.25) is 0 Å². The Morgan fingerprint density at radius 2 is 2.05 bits per heavy atom. The third kappa shape index (κ3) is 2.62. The molecule has 1 aliphatic heterocycles. The highest BCUT2D eigenvalue weighted by Crippen LogP contribution is 2.38. The van der Waals surface area contributed by atoms with Crippen LogP contribution in [0.25, 0.3) is 0 Å². The smallest absolute Gasteiger partial charge is 0.236 e. The quantitative estimate of drug-likeness (QED) is 0.843. The molecule has 6 nitrogen and oxygen atoms in total. The van der Waals surface area contributed by atoms with Crippen molar-refractivity contribution in [3.8, 4) is 0 Å². The molecular formula is C13H14Cl2N4O2S. The number of halogens is 2. The van der Waals surface area contributed by atoms with Crippen LogP contribution in [0.5, 0.6) is 0 Å². The lowest BCUT2D eigenvalue weighted by molar-refractivity contribution is 0.391. The van der Waals surface area contributed by atoms with Gasteiger partial charge < -0.3 is 0 Å². The molecule has 3 rings (SSSR count). The Hall–Kier alpha value is -1.15. The first-order valence-corrected chi connectivity index (χ1v) is 8.92. The molecule has 1 atom stereocenters. The summed E-state index contributed by atoms with van der Waals surface area (Å²) < 4.78 is 28.4. The van der Waals surface area contributed by atoms with Gasteiger partial charge in [0.05, 0.1) is 22.3 Å². The van der Waals surface area contributed by atoms with Crippen molar-refractivity contribution < 1.29 is 8.42 Å². The third-order valence-electron chi connectivity index (χ3n) is 3.78. The molecule has 0 saturated carbocycles. The predicted octanol–water partition coefficient (Wildman–Crippen LogP) is 2.65. The minimum absolute atomic E-state index is 0.0828. The van der Waals surface area contributed by atoms with Crippen molar-refractivity contribution >= 4 is 33.2 Å². The normalized spacial score (nSPS) is 19.7. The Kier molecular flexibility index (Phi) is 4.15. The van der Waals surface area contributed by atoms with E-state index in [1.165, 1.54) is 15.2 Å². The summed E-state index contributed by atoms with van der Waals surface area (Å²) in [7, 11) is -2.09. The maximum absolute atomic E-state index is 12.8. The summed E-state index contributed by atoms with van der Waals surface area (Å²) in [4.78, 5) is 0. The number of aromatic nitrogens is 3. The Bertz CT molecular complexity index is 806. The molecule has 0 aliphatic carbocycles. The summed E-state index contributed by atoms with van der Waals surface area (Å²) >= 11 is 12.0. The van der Waals surface area contributed by atoms with Gasteiger partial charge in [0.2, 0.25) is 0 Å². The van der Waals surface area contributed by atoms with Crippen LogP contribution in [0.3, 0.4) is 0 Å². The average Bonchev–Trinajstić information content (AvgIpc) is 3.10. The summed E-state index contributed by atoms with van der Waals surface area (Å²) in [6, 6.07) is 4.97. The van der Waals surface area contributed by atoms with Crippen molar-refractivity contribution in [1.82, 2.24) is 19.3 Å². The summed E-state index contributed by atoms with van der Waals surface area (Å²) in [5, 5.41) is 8.31. The summed E-state index contributed by atoms with van der Waals surface area (Å²) in [6.45, 7) is 0.457. The minimum atomic E-state index is -3.65. The molecule has 1 unspecified atom stereocenters. The van der Waals surface area contributed by atoms with Gasteiger partial charge in [-0.25, -0.2) is 13.1 Å². The fraction of sp³-hybridized carbons (Fsp3) is 0.385. The second-order valence-corrected chi connectivity index (χ2v) is 7.80. The Balaban J connectivity index is 2.00. The van der Waals surface area contributed by atoms with Crippen LogP contribution in [-0.2, 0) is 17.1 Å². The standard InChI is InChI=1S/C13H14Cl2N4O2S/c1-18-13(8-16-17-18)22(20,21)19-6-2-3-12(19)9-4-5-10(14)11(15)7-9/h4-5,7-8,12H,2-3,6H2,1H3. The maximum atomic E-state index is 12.8. The molecule has 118 valence electrons. The van der Waals surface area contributed by atoms with Gasteiger partial charge >= 0.3 is 0 Å². The molecule has 0 bridgehead atoms. The number of benzene rings is 1. The van der Waals surface area contributed by atoms with Crippen molar-refractivity contribution in [3.05, 3.63) is 40.0 Å². The zero-order chi connectivity index (χ0) is 15.9. The van der Waals surface area contributed by atoms with Gasteiger partial charge in [0, 0.05) is 13.6 Å².